The third kappa shape index (κ3) is 1.23. The molecule has 2 rings (SSSR count). The van der Waals surface area contributed by atoms with Crippen molar-refractivity contribution >= 4 is 11.7 Å². The summed E-state index contributed by atoms with van der Waals surface area (Å²) in [6.07, 6.45) is 2.46. The number of anilines is 1. The Kier molecular flexibility index (Phi) is 1.91. The van der Waals surface area contributed by atoms with Crippen molar-refractivity contribution in [3.8, 4) is 0 Å². The first-order chi connectivity index (χ1) is 6.59. The number of fused-ring (bicyclic) bond motifs is 1. The molecule has 2 heterocycles. The molecule has 0 saturated carbocycles. The van der Waals surface area contributed by atoms with Crippen molar-refractivity contribution in [2.75, 3.05) is 5.32 Å². The third-order valence-electron chi connectivity index (χ3n) is 2.62. The average Bonchev–Trinajstić information content (AvgIpc) is 2.46. The fourth-order valence-corrected chi connectivity index (χ4v) is 1.86. The van der Waals surface area contributed by atoms with Gasteiger partial charge in [-0.15, -0.1) is 0 Å². The zero-order valence-electron chi connectivity index (χ0n) is 8.29. The maximum absolute atomic E-state index is 11.1. The van der Waals surface area contributed by atoms with E-state index in [-0.39, 0.29) is 0 Å². The van der Waals surface area contributed by atoms with Gasteiger partial charge in [0.1, 0.15) is 5.82 Å². The zero-order chi connectivity index (χ0) is 10.3. The van der Waals surface area contributed by atoms with Crippen molar-refractivity contribution in [1.29, 1.82) is 0 Å². The van der Waals surface area contributed by atoms with Crippen LogP contribution in [0.2, 0.25) is 0 Å². The number of amides is 1. The minimum atomic E-state index is -0.405. The maximum atomic E-state index is 11.1. The van der Waals surface area contributed by atoms with Crippen LogP contribution in [0.4, 0.5) is 5.82 Å². The highest BCUT2D eigenvalue weighted by Crippen LogP contribution is 2.27. The molecular formula is C10H13N3O. The Morgan fingerprint density at radius 3 is 3.07 bits per heavy atom. The molecule has 0 aromatic carbocycles. The Balaban J connectivity index is 2.53. The predicted octanol–water partition coefficient (Wildman–Crippen LogP) is 0.845. The predicted molar refractivity (Wildman–Crippen MR) is 54.3 cm³/mol. The number of rotatable bonds is 1. The van der Waals surface area contributed by atoms with Crippen LogP contribution < -0.4 is 11.1 Å². The molecule has 1 aliphatic rings. The van der Waals surface area contributed by atoms with E-state index in [1.165, 1.54) is 0 Å². The lowest BCUT2D eigenvalue weighted by Gasteiger charge is -2.05. The lowest BCUT2D eigenvalue weighted by atomic mass is 10.0. The Morgan fingerprint density at radius 2 is 2.43 bits per heavy atom. The SMILES string of the molecule is Cc1c(C(N)=O)cnc2c1C[C@@H](C)N2. The van der Waals surface area contributed by atoms with Gasteiger partial charge in [-0.05, 0) is 25.8 Å². The summed E-state index contributed by atoms with van der Waals surface area (Å²) in [6.45, 7) is 4.01. The van der Waals surface area contributed by atoms with Crippen LogP contribution >= 0.6 is 0 Å². The second kappa shape index (κ2) is 2.97. The summed E-state index contributed by atoms with van der Waals surface area (Å²) < 4.78 is 0. The fraction of sp³-hybridized carbons (Fsp3) is 0.400. The molecule has 0 spiro atoms. The van der Waals surface area contributed by atoms with Crippen molar-refractivity contribution in [2.45, 2.75) is 26.3 Å². The van der Waals surface area contributed by atoms with Gasteiger partial charge in [0, 0.05) is 17.8 Å². The number of nitrogens with two attached hydrogens (primary N) is 1. The van der Waals surface area contributed by atoms with Crippen LogP contribution in [0.25, 0.3) is 0 Å². The van der Waals surface area contributed by atoms with Crippen molar-refractivity contribution in [2.24, 2.45) is 5.73 Å². The van der Waals surface area contributed by atoms with Gasteiger partial charge in [0.15, 0.2) is 0 Å². The second-order valence-corrected chi connectivity index (χ2v) is 3.74. The molecule has 1 amide bonds. The van der Waals surface area contributed by atoms with Crippen LogP contribution in [0, 0.1) is 6.92 Å². The van der Waals surface area contributed by atoms with Gasteiger partial charge < -0.3 is 11.1 Å². The number of primary amides is 1. The summed E-state index contributed by atoms with van der Waals surface area (Å²) in [5.74, 6) is 0.484. The number of carbonyl (C=O) groups is 1. The van der Waals surface area contributed by atoms with Crippen LogP contribution in [0.15, 0.2) is 6.20 Å². The quantitative estimate of drug-likeness (QED) is 0.691. The molecule has 0 radical (unpaired) electrons. The largest absolute Gasteiger partial charge is 0.367 e. The molecule has 0 fully saturated rings. The van der Waals surface area contributed by atoms with Gasteiger partial charge in [-0.25, -0.2) is 4.98 Å². The number of nitrogens with one attached hydrogen (secondary N) is 1. The molecule has 4 heteroatoms. The topological polar surface area (TPSA) is 68.0 Å². The van der Waals surface area contributed by atoms with E-state index in [0.717, 1.165) is 23.4 Å². The summed E-state index contributed by atoms with van der Waals surface area (Å²) in [7, 11) is 0. The lowest BCUT2D eigenvalue weighted by Crippen LogP contribution is -2.14. The first kappa shape index (κ1) is 8.99. The van der Waals surface area contributed by atoms with Crippen LogP contribution in [0.3, 0.4) is 0 Å². The van der Waals surface area contributed by atoms with Crippen LogP contribution in [0.5, 0.6) is 0 Å². The molecule has 0 saturated heterocycles. The standard InChI is InChI=1S/C10H13N3O/c1-5-3-7-6(2)8(9(11)14)4-12-10(7)13-5/h4-5H,3H2,1-2H3,(H2,11,14)(H,12,13)/t5-/m1/s1. The fourth-order valence-electron chi connectivity index (χ4n) is 1.86. The number of carbonyl (C=O) groups excluding carboxylic acids is 1. The Bertz CT molecular complexity index is 401. The van der Waals surface area contributed by atoms with E-state index >= 15 is 0 Å². The van der Waals surface area contributed by atoms with Crippen LogP contribution in [-0.2, 0) is 6.42 Å². The van der Waals surface area contributed by atoms with Gasteiger partial charge in [0.25, 0.3) is 5.91 Å². The molecule has 1 atom stereocenters. The van der Waals surface area contributed by atoms with E-state index in [4.69, 9.17) is 5.73 Å². The summed E-state index contributed by atoms with van der Waals surface area (Å²) >= 11 is 0. The highest BCUT2D eigenvalue weighted by atomic mass is 16.1. The molecule has 0 unspecified atom stereocenters. The van der Waals surface area contributed by atoms with Crippen molar-refractivity contribution in [3.63, 3.8) is 0 Å². The van der Waals surface area contributed by atoms with Gasteiger partial charge >= 0.3 is 0 Å². The normalized spacial score (nSPS) is 18.9. The number of aromatic nitrogens is 1. The van der Waals surface area contributed by atoms with Crippen molar-refractivity contribution in [3.05, 3.63) is 22.9 Å². The smallest absolute Gasteiger partial charge is 0.250 e. The number of hydrogen-bond acceptors (Lipinski definition) is 3. The molecule has 14 heavy (non-hydrogen) atoms. The molecule has 0 aliphatic carbocycles. The summed E-state index contributed by atoms with van der Waals surface area (Å²) in [5, 5.41) is 3.24. The minimum absolute atomic E-state index is 0.388. The Labute approximate surface area is 82.5 Å². The monoisotopic (exact) mass is 191 g/mol. The zero-order valence-corrected chi connectivity index (χ0v) is 8.29. The molecule has 1 aliphatic heterocycles. The summed E-state index contributed by atoms with van der Waals surface area (Å²) in [6, 6.07) is 0.388. The highest BCUT2D eigenvalue weighted by molar-refractivity contribution is 5.94. The van der Waals surface area contributed by atoms with Gasteiger partial charge in [0.05, 0.1) is 5.56 Å². The van der Waals surface area contributed by atoms with Crippen molar-refractivity contribution in [1.82, 2.24) is 4.98 Å². The average molecular weight is 191 g/mol. The molecular weight excluding hydrogens is 178 g/mol. The van der Waals surface area contributed by atoms with Gasteiger partial charge in [-0.2, -0.15) is 0 Å². The molecule has 3 N–H and O–H groups in total. The Hall–Kier alpha value is -1.58. The molecule has 1 aromatic rings. The van der Waals surface area contributed by atoms with Crippen molar-refractivity contribution < 1.29 is 4.79 Å². The van der Waals surface area contributed by atoms with E-state index in [1.54, 1.807) is 6.20 Å². The van der Waals surface area contributed by atoms with Crippen LogP contribution in [0.1, 0.15) is 28.4 Å². The summed E-state index contributed by atoms with van der Waals surface area (Å²) in [4.78, 5) is 15.2. The minimum Gasteiger partial charge on any atom is -0.367 e. The van der Waals surface area contributed by atoms with E-state index in [1.807, 2.05) is 6.92 Å². The molecule has 0 bridgehead atoms. The van der Waals surface area contributed by atoms with E-state index in [9.17, 15) is 4.79 Å². The second-order valence-electron chi connectivity index (χ2n) is 3.74. The number of nitrogens with zero attached hydrogens (tertiary/aromatic N) is 1. The van der Waals surface area contributed by atoms with Crippen LogP contribution in [-0.4, -0.2) is 16.9 Å². The third-order valence-corrected chi connectivity index (χ3v) is 2.62. The summed E-state index contributed by atoms with van der Waals surface area (Å²) in [5.41, 5.74) is 7.85. The van der Waals surface area contributed by atoms with Gasteiger partial charge in [-0.3, -0.25) is 4.79 Å². The number of pyridine rings is 1. The first-order valence-corrected chi connectivity index (χ1v) is 4.64. The number of hydrogen-bond donors (Lipinski definition) is 2. The van der Waals surface area contributed by atoms with Gasteiger partial charge in [-0.1, -0.05) is 0 Å². The maximum Gasteiger partial charge on any atom is 0.250 e. The van der Waals surface area contributed by atoms with E-state index in [0.29, 0.717) is 11.6 Å². The van der Waals surface area contributed by atoms with Gasteiger partial charge in [0.2, 0.25) is 0 Å². The van der Waals surface area contributed by atoms with E-state index < -0.39 is 5.91 Å². The lowest BCUT2D eigenvalue weighted by molar-refractivity contribution is 0.0999. The van der Waals surface area contributed by atoms with E-state index in [2.05, 4.69) is 17.2 Å². The first-order valence-electron chi connectivity index (χ1n) is 4.64. The molecule has 1 aromatic heterocycles. The Morgan fingerprint density at radius 1 is 1.71 bits per heavy atom. The highest BCUT2D eigenvalue weighted by Gasteiger charge is 2.22. The molecule has 4 nitrogen and oxygen atoms in total. The molecule has 74 valence electrons.